The van der Waals surface area contributed by atoms with E-state index in [1.165, 1.54) is 0 Å². The van der Waals surface area contributed by atoms with Gasteiger partial charge in [-0.3, -0.25) is 0 Å². The van der Waals surface area contributed by atoms with Crippen LogP contribution < -0.4 is 10.2 Å². The van der Waals surface area contributed by atoms with Crippen molar-refractivity contribution in [2.24, 2.45) is 0 Å². The first-order chi connectivity index (χ1) is 6.20. The van der Waals surface area contributed by atoms with Crippen LogP contribution >= 0.6 is 0 Å². The molecule has 0 aromatic heterocycles. The van der Waals surface area contributed by atoms with Crippen molar-refractivity contribution in [1.82, 2.24) is 0 Å². The van der Waals surface area contributed by atoms with Gasteiger partial charge in [0.2, 0.25) is 0 Å². The van der Waals surface area contributed by atoms with Crippen LogP contribution in [-0.2, 0) is 0 Å². The largest absolute Gasteiger partial charge is 0.382 e. The average molecular weight is 184 g/mol. The van der Waals surface area contributed by atoms with Gasteiger partial charge in [-0.05, 0) is 12.1 Å². The van der Waals surface area contributed by atoms with E-state index in [2.05, 4.69) is 5.32 Å². The lowest BCUT2D eigenvalue weighted by Gasteiger charge is -2.28. The lowest BCUT2D eigenvalue weighted by Crippen LogP contribution is -2.31. The zero-order valence-corrected chi connectivity index (χ0v) is 7.27. The lowest BCUT2D eigenvalue weighted by molar-refractivity contribution is 0.507. The average Bonchev–Trinajstić information content (AvgIpc) is 2.12. The Balaban J connectivity index is 2.58. The fourth-order valence-electron chi connectivity index (χ4n) is 1.53. The first-order valence-electron chi connectivity index (χ1n) is 4.13. The smallest absolute Gasteiger partial charge is 0.184 e. The van der Waals surface area contributed by atoms with E-state index in [0.717, 1.165) is 12.6 Å². The molecule has 0 radical (unpaired) electrons. The first kappa shape index (κ1) is 8.29. The third kappa shape index (κ3) is 1.22. The number of hydrogen-bond acceptors (Lipinski definition) is 2. The van der Waals surface area contributed by atoms with Gasteiger partial charge in [-0.15, -0.1) is 0 Å². The maximum absolute atomic E-state index is 13.3. The van der Waals surface area contributed by atoms with Crippen LogP contribution in [0.3, 0.4) is 0 Å². The Morgan fingerprint density at radius 2 is 2.15 bits per heavy atom. The summed E-state index contributed by atoms with van der Waals surface area (Å²) in [7, 11) is 1.75. The van der Waals surface area contributed by atoms with Gasteiger partial charge in [-0.2, -0.15) is 0 Å². The molecule has 0 amide bonds. The standard InChI is InChI=1S/C9H10F2N2/c1-13-5-4-12-7-3-2-6(10)8(11)9(7)13/h2-3,12H,4-5H2,1H3. The second kappa shape index (κ2) is 2.87. The molecule has 1 aliphatic rings. The molecule has 1 heterocycles. The number of rotatable bonds is 0. The molecular weight excluding hydrogens is 174 g/mol. The Hall–Kier alpha value is -1.32. The van der Waals surface area contributed by atoms with Crippen LogP contribution in [0.25, 0.3) is 0 Å². The van der Waals surface area contributed by atoms with E-state index in [0.29, 0.717) is 17.9 Å². The van der Waals surface area contributed by atoms with Crippen molar-refractivity contribution in [3.63, 3.8) is 0 Å². The highest BCUT2D eigenvalue weighted by atomic mass is 19.2. The van der Waals surface area contributed by atoms with Gasteiger partial charge in [0, 0.05) is 20.1 Å². The Labute approximate surface area is 75.2 Å². The highest BCUT2D eigenvalue weighted by Gasteiger charge is 2.19. The Bertz CT molecular complexity index is 339. The minimum absolute atomic E-state index is 0.325. The van der Waals surface area contributed by atoms with Crippen LogP contribution in [0.5, 0.6) is 0 Å². The summed E-state index contributed by atoms with van der Waals surface area (Å²) >= 11 is 0. The zero-order valence-electron chi connectivity index (χ0n) is 7.27. The number of nitrogens with one attached hydrogen (secondary N) is 1. The molecule has 0 saturated carbocycles. The minimum atomic E-state index is -0.797. The van der Waals surface area contributed by atoms with Crippen LogP contribution in [0.4, 0.5) is 20.2 Å². The zero-order chi connectivity index (χ0) is 9.42. The maximum atomic E-state index is 13.3. The van der Waals surface area contributed by atoms with Gasteiger partial charge < -0.3 is 10.2 Å². The highest BCUT2D eigenvalue weighted by Crippen LogP contribution is 2.31. The second-order valence-electron chi connectivity index (χ2n) is 3.11. The van der Waals surface area contributed by atoms with E-state index in [1.807, 2.05) is 0 Å². The predicted octanol–water partition coefficient (Wildman–Crippen LogP) is 1.83. The van der Waals surface area contributed by atoms with Crippen molar-refractivity contribution in [2.45, 2.75) is 0 Å². The van der Waals surface area contributed by atoms with Crippen molar-refractivity contribution in [2.75, 3.05) is 30.4 Å². The van der Waals surface area contributed by atoms with Gasteiger partial charge in [0.05, 0.1) is 11.4 Å². The van der Waals surface area contributed by atoms with E-state index >= 15 is 0 Å². The number of halogens is 2. The summed E-state index contributed by atoms with van der Waals surface area (Å²) in [6, 6.07) is 2.70. The molecule has 70 valence electrons. The molecule has 0 atom stereocenters. The molecule has 1 N–H and O–H groups in total. The monoisotopic (exact) mass is 184 g/mol. The number of likely N-dealkylation sites (N-methyl/N-ethyl adjacent to an activating group) is 1. The van der Waals surface area contributed by atoms with E-state index in [1.54, 1.807) is 18.0 Å². The molecule has 1 aromatic carbocycles. The van der Waals surface area contributed by atoms with Crippen LogP contribution in [0.2, 0.25) is 0 Å². The Morgan fingerprint density at radius 1 is 1.38 bits per heavy atom. The lowest BCUT2D eigenvalue weighted by atomic mass is 10.2. The third-order valence-corrected chi connectivity index (χ3v) is 2.21. The number of hydrogen-bond donors (Lipinski definition) is 1. The molecule has 2 nitrogen and oxygen atoms in total. The molecule has 4 heteroatoms. The van der Waals surface area contributed by atoms with Crippen LogP contribution in [0, 0.1) is 11.6 Å². The minimum Gasteiger partial charge on any atom is -0.382 e. The second-order valence-corrected chi connectivity index (χ2v) is 3.11. The summed E-state index contributed by atoms with van der Waals surface area (Å²) in [4.78, 5) is 1.71. The van der Waals surface area contributed by atoms with Gasteiger partial charge >= 0.3 is 0 Å². The maximum Gasteiger partial charge on any atom is 0.184 e. The summed E-state index contributed by atoms with van der Waals surface area (Å²) in [5.41, 5.74) is 0.985. The number of benzene rings is 1. The van der Waals surface area contributed by atoms with Gasteiger partial charge in [0.1, 0.15) is 0 Å². The van der Waals surface area contributed by atoms with Crippen LogP contribution in [0.1, 0.15) is 0 Å². The SMILES string of the molecule is CN1CCNc2ccc(F)c(F)c21. The van der Waals surface area contributed by atoms with Crippen molar-refractivity contribution in [3.05, 3.63) is 23.8 Å². The summed E-state index contributed by atoms with van der Waals surface area (Å²) in [5.74, 6) is -1.57. The predicted molar refractivity (Wildman–Crippen MR) is 48.1 cm³/mol. The van der Waals surface area contributed by atoms with Crippen molar-refractivity contribution >= 4 is 11.4 Å². The quantitative estimate of drug-likeness (QED) is 0.661. The van der Waals surface area contributed by atoms with E-state index < -0.39 is 11.6 Å². The highest BCUT2D eigenvalue weighted by molar-refractivity contribution is 5.72. The molecule has 13 heavy (non-hydrogen) atoms. The van der Waals surface area contributed by atoms with Crippen molar-refractivity contribution in [3.8, 4) is 0 Å². The van der Waals surface area contributed by atoms with Gasteiger partial charge in [-0.25, -0.2) is 8.78 Å². The number of anilines is 2. The topological polar surface area (TPSA) is 15.3 Å². The van der Waals surface area contributed by atoms with Crippen LogP contribution in [0.15, 0.2) is 12.1 Å². The summed E-state index contributed by atoms with van der Waals surface area (Å²) < 4.78 is 26.1. The fourth-order valence-corrected chi connectivity index (χ4v) is 1.53. The number of fused-ring (bicyclic) bond motifs is 1. The van der Waals surface area contributed by atoms with E-state index in [9.17, 15) is 8.78 Å². The molecule has 1 aliphatic heterocycles. The summed E-state index contributed by atoms with van der Waals surface area (Å²) in [5, 5.41) is 3.01. The third-order valence-electron chi connectivity index (χ3n) is 2.21. The summed E-state index contributed by atoms with van der Waals surface area (Å²) in [6.45, 7) is 1.45. The molecule has 0 saturated heterocycles. The Morgan fingerprint density at radius 3 is 2.92 bits per heavy atom. The van der Waals surface area contributed by atoms with Gasteiger partial charge in [0.15, 0.2) is 11.6 Å². The van der Waals surface area contributed by atoms with E-state index in [4.69, 9.17) is 0 Å². The Kier molecular flexibility index (Phi) is 1.83. The van der Waals surface area contributed by atoms with Gasteiger partial charge in [-0.1, -0.05) is 0 Å². The molecule has 0 bridgehead atoms. The van der Waals surface area contributed by atoms with Crippen molar-refractivity contribution in [1.29, 1.82) is 0 Å². The molecule has 1 aromatic rings. The van der Waals surface area contributed by atoms with E-state index in [-0.39, 0.29) is 0 Å². The number of nitrogens with zero attached hydrogens (tertiary/aromatic N) is 1. The molecule has 2 rings (SSSR count). The van der Waals surface area contributed by atoms with Crippen LogP contribution in [-0.4, -0.2) is 20.1 Å². The molecule has 0 aliphatic carbocycles. The normalized spacial score (nSPS) is 15.2. The van der Waals surface area contributed by atoms with Gasteiger partial charge in [0.25, 0.3) is 0 Å². The molecule has 0 spiro atoms. The first-order valence-corrected chi connectivity index (χ1v) is 4.13. The fraction of sp³-hybridized carbons (Fsp3) is 0.333. The summed E-state index contributed by atoms with van der Waals surface area (Å²) in [6.07, 6.45) is 0. The van der Waals surface area contributed by atoms with Crippen molar-refractivity contribution < 1.29 is 8.78 Å². The molecule has 0 fully saturated rings. The molecule has 0 unspecified atom stereocenters. The molecular formula is C9H10F2N2.